The number of nitrogens with one attached hydrogen (secondary N) is 1. The van der Waals surface area contributed by atoms with Crippen LogP contribution in [0.3, 0.4) is 0 Å². The molecule has 1 fully saturated rings. The van der Waals surface area contributed by atoms with Gasteiger partial charge >= 0.3 is 5.97 Å². The predicted octanol–water partition coefficient (Wildman–Crippen LogP) is 2.16. The number of aromatic nitrogens is 1. The average molecular weight is 264 g/mol. The van der Waals surface area contributed by atoms with Gasteiger partial charge in [0.25, 0.3) is 0 Å². The lowest BCUT2D eigenvalue weighted by Gasteiger charge is -2.14. The summed E-state index contributed by atoms with van der Waals surface area (Å²) < 4.78 is 10.0. The zero-order chi connectivity index (χ0) is 13.8. The molecule has 1 aromatic rings. The molecular weight excluding hydrogens is 244 g/mol. The molecule has 1 heterocycles. The summed E-state index contributed by atoms with van der Waals surface area (Å²) in [4.78, 5) is 15.9. The first-order chi connectivity index (χ1) is 9.13. The fourth-order valence-electron chi connectivity index (χ4n) is 2.46. The van der Waals surface area contributed by atoms with Crippen LogP contribution in [0.5, 0.6) is 0 Å². The van der Waals surface area contributed by atoms with E-state index < -0.39 is 0 Å². The number of esters is 1. The van der Waals surface area contributed by atoms with Crippen LogP contribution in [0.4, 0.5) is 5.82 Å². The number of ether oxygens (including phenoxy) is 2. The molecule has 0 saturated heterocycles. The third kappa shape index (κ3) is 3.23. The number of rotatable bonds is 4. The molecule has 0 aliphatic heterocycles. The summed E-state index contributed by atoms with van der Waals surface area (Å²) >= 11 is 0. The summed E-state index contributed by atoms with van der Waals surface area (Å²) in [5, 5.41) is 3.39. The summed E-state index contributed by atoms with van der Waals surface area (Å²) in [5.41, 5.74) is 1.19. The molecule has 1 saturated carbocycles. The molecule has 2 unspecified atom stereocenters. The van der Waals surface area contributed by atoms with Gasteiger partial charge in [-0.3, -0.25) is 0 Å². The van der Waals surface area contributed by atoms with Crippen LogP contribution in [0.25, 0.3) is 0 Å². The highest BCUT2D eigenvalue weighted by Crippen LogP contribution is 2.24. The fraction of sp³-hybridized carbons (Fsp3) is 0.571. The van der Waals surface area contributed by atoms with Crippen molar-refractivity contribution in [3.05, 3.63) is 23.4 Å². The molecule has 5 nitrogen and oxygen atoms in total. The second-order valence-electron chi connectivity index (χ2n) is 4.83. The number of carbonyl (C=O) groups is 1. The maximum atomic E-state index is 11.5. The highest BCUT2D eigenvalue weighted by molar-refractivity contribution is 5.90. The zero-order valence-corrected chi connectivity index (χ0v) is 11.6. The lowest BCUT2D eigenvalue weighted by molar-refractivity contribution is 0.0599. The topological polar surface area (TPSA) is 60.5 Å². The number of aryl methyl sites for hydroxylation is 1. The van der Waals surface area contributed by atoms with Crippen molar-refractivity contribution >= 4 is 11.8 Å². The van der Waals surface area contributed by atoms with Crippen LogP contribution >= 0.6 is 0 Å². The Morgan fingerprint density at radius 3 is 2.74 bits per heavy atom. The Labute approximate surface area is 113 Å². The first-order valence-corrected chi connectivity index (χ1v) is 6.49. The summed E-state index contributed by atoms with van der Waals surface area (Å²) in [6.45, 7) is 1.81. The minimum Gasteiger partial charge on any atom is -0.465 e. The van der Waals surface area contributed by atoms with Gasteiger partial charge in [-0.25, -0.2) is 9.78 Å². The van der Waals surface area contributed by atoms with E-state index in [1.165, 1.54) is 7.11 Å². The number of carbonyl (C=O) groups excluding carboxylic acids is 1. The number of methoxy groups -OCH3 is 2. The summed E-state index contributed by atoms with van der Waals surface area (Å²) in [7, 11) is 3.12. The van der Waals surface area contributed by atoms with Crippen LogP contribution in [0.1, 0.15) is 35.3 Å². The Bertz CT molecular complexity index is 462. The number of hydrogen-bond acceptors (Lipinski definition) is 5. The van der Waals surface area contributed by atoms with E-state index in [2.05, 4.69) is 10.3 Å². The van der Waals surface area contributed by atoms with Gasteiger partial charge in [-0.15, -0.1) is 0 Å². The van der Waals surface area contributed by atoms with E-state index in [-0.39, 0.29) is 5.97 Å². The second-order valence-corrected chi connectivity index (χ2v) is 4.83. The lowest BCUT2D eigenvalue weighted by Crippen LogP contribution is -2.18. The summed E-state index contributed by atoms with van der Waals surface area (Å²) in [6.07, 6.45) is 3.49. The molecule has 0 aromatic carbocycles. The molecule has 104 valence electrons. The summed E-state index contributed by atoms with van der Waals surface area (Å²) in [5.74, 6) is 0.448. The summed E-state index contributed by atoms with van der Waals surface area (Å²) in [6, 6.07) is 3.96. The van der Waals surface area contributed by atoms with Crippen molar-refractivity contribution in [2.45, 2.75) is 38.3 Å². The fourth-order valence-corrected chi connectivity index (χ4v) is 2.46. The van der Waals surface area contributed by atoms with E-state index in [1.807, 2.05) is 13.0 Å². The van der Waals surface area contributed by atoms with Crippen molar-refractivity contribution in [3.8, 4) is 0 Å². The highest BCUT2D eigenvalue weighted by atomic mass is 16.5. The predicted molar refractivity (Wildman–Crippen MR) is 72.4 cm³/mol. The van der Waals surface area contributed by atoms with Gasteiger partial charge in [-0.05, 0) is 38.3 Å². The minimum atomic E-state index is -0.350. The highest BCUT2D eigenvalue weighted by Gasteiger charge is 2.24. The Hall–Kier alpha value is -1.62. The molecule has 1 N–H and O–H groups in total. The maximum Gasteiger partial charge on any atom is 0.339 e. The van der Waals surface area contributed by atoms with Gasteiger partial charge in [-0.2, -0.15) is 0 Å². The second kappa shape index (κ2) is 6.02. The molecule has 0 bridgehead atoms. The van der Waals surface area contributed by atoms with Crippen LogP contribution in [0, 0.1) is 6.92 Å². The van der Waals surface area contributed by atoms with Crippen LogP contribution in [0.2, 0.25) is 0 Å². The van der Waals surface area contributed by atoms with E-state index in [4.69, 9.17) is 9.47 Å². The van der Waals surface area contributed by atoms with Crippen molar-refractivity contribution < 1.29 is 14.3 Å². The van der Waals surface area contributed by atoms with Gasteiger partial charge in [0.2, 0.25) is 0 Å². The van der Waals surface area contributed by atoms with Crippen LogP contribution in [-0.2, 0) is 9.47 Å². The number of anilines is 1. The smallest absolute Gasteiger partial charge is 0.339 e. The third-order valence-corrected chi connectivity index (χ3v) is 3.56. The van der Waals surface area contributed by atoms with E-state index in [0.29, 0.717) is 23.4 Å². The van der Waals surface area contributed by atoms with Gasteiger partial charge < -0.3 is 14.8 Å². The molecule has 1 aliphatic carbocycles. The van der Waals surface area contributed by atoms with Crippen LogP contribution < -0.4 is 5.32 Å². The average Bonchev–Trinajstić information content (AvgIpc) is 2.86. The van der Waals surface area contributed by atoms with E-state index in [1.54, 1.807) is 13.2 Å². The Kier molecular flexibility index (Phi) is 4.37. The molecule has 0 radical (unpaired) electrons. The Balaban J connectivity index is 2.02. The molecule has 1 aliphatic rings. The molecule has 0 amide bonds. The zero-order valence-electron chi connectivity index (χ0n) is 11.6. The van der Waals surface area contributed by atoms with Crippen molar-refractivity contribution in [2.75, 3.05) is 19.5 Å². The van der Waals surface area contributed by atoms with Gasteiger partial charge in [0.1, 0.15) is 5.82 Å². The number of hydrogen-bond donors (Lipinski definition) is 1. The quantitative estimate of drug-likeness (QED) is 0.844. The van der Waals surface area contributed by atoms with Gasteiger partial charge in [0.05, 0.1) is 24.5 Å². The van der Waals surface area contributed by atoms with Gasteiger partial charge in [0, 0.05) is 13.2 Å². The van der Waals surface area contributed by atoms with Crippen molar-refractivity contribution in [2.24, 2.45) is 0 Å². The van der Waals surface area contributed by atoms with Crippen LogP contribution in [0.15, 0.2) is 12.1 Å². The Morgan fingerprint density at radius 1 is 1.37 bits per heavy atom. The minimum absolute atomic E-state index is 0.341. The van der Waals surface area contributed by atoms with E-state index >= 15 is 0 Å². The number of pyridine rings is 1. The SMILES string of the molecule is COC(=O)c1ccc(NC2CCC(OC)C2)nc1C. The van der Waals surface area contributed by atoms with Gasteiger partial charge in [-0.1, -0.05) is 0 Å². The van der Waals surface area contributed by atoms with Crippen molar-refractivity contribution in [1.82, 2.24) is 4.98 Å². The maximum absolute atomic E-state index is 11.5. The first-order valence-electron chi connectivity index (χ1n) is 6.49. The van der Waals surface area contributed by atoms with E-state index in [9.17, 15) is 4.79 Å². The van der Waals surface area contributed by atoms with Gasteiger partial charge in [0.15, 0.2) is 0 Å². The standard InChI is InChI=1S/C14H20N2O3/c1-9-12(14(17)19-3)6-7-13(15-9)16-10-4-5-11(8-10)18-2/h6-7,10-11H,4-5,8H2,1-3H3,(H,15,16). The van der Waals surface area contributed by atoms with Crippen LogP contribution in [-0.4, -0.2) is 37.3 Å². The molecule has 2 atom stereocenters. The molecule has 5 heteroatoms. The van der Waals surface area contributed by atoms with Crippen molar-refractivity contribution in [1.29, 1.82) is 0 Å². The lowest BCUT2D eigenvalue weighted by atomic mass is 10.2. The molecule has 1 aromatic heterocycles. The van der Waals surface area contributed by atoms with E-state index in [0.717, 1.165) is 25.1 Å². The monoisotopic (exact) mass is 264 g/mol. The molecular formula is C14H20N2O3. The first kappa shape index (κ1) is 13.8. The molecule has 19 heavy (non-hydrogen) atoms. The number of nitrogens with zero attached hydrogens (tertiary/aromatic N) is 1. The third-order valence-electron chi connectivity index (χ3n) is 3.56. The largest absolute Gasteiger partial charge is 0.465 e. The van der Waals surface area contributed by atoms with Crippen molar-refractivity contribution in [3.63, 3.8) is 0 Å². The normalized spacial score (nSPS) is 22.3. The molecule has 0 spiro atoms. The Morgan fingerprint density at radius 2 is 2.16 bits per heavy atom. The molecule has 2 rings (SSSR count).